The van der Waals surface area contributed by atoms with Gasteiger partial charge in [-0.1, -0.05) is 128 Å². The Morgan fingerprint density at radius 2 is 1.06 bits per heavy atom. The first-order valence-electron chi connectivity index (χ1n) is 19.8. The predicted octanol–water partition coefficient (Wildman–Crippen LogP) is 12.5. The molecule has 0 saturated carbocycles. The molecule has 49 heavy (non-hydrogen) atoms. The number of unbranched alkanes of at least 4 members (excludes halogenated alkanes) is 18. The van der Waals surface area contributed by atoms with E-state index in [4.69, 9.17) is 9.47 Å². The van der Waals surface area contributed by atoms with Gasteiger partial charge in [-0.05, 0) is 81.9 Å². The summed E-state index contributed by atoms with van der Waals surface area (Å²) in [7, 11) is 2.97. The average Bonchev–Trinajstić information content (AvgIpc) is 3.10. The Morgan fingerprint density at radius 3 is 1.55 bits per heavy atom. The monoisotopic (exact) mass is 677 g/mol. The molecular weight excluding hydrogens is 608 g/mol. The molecule has 5 nitrogen and oxygen atoms in total. The van der Waals surface area contributed by atoms with Crippen molar-refractivity contribution in [3.63, 3.8) is 0 Å². The van der Waals surface area contributed by atoms with Crippen LogP contribution < -0.4 is 4.74 Å². The number of rotatable bonds is 29. The van der Waals surface area contributed by atoms with Crippen LogP contribution in [0.3, 0.4) is 0 Å². The fraction of sp³-hybridized carbons (Fsp3) is 0.636. The number of carbonyl (C=O) groups excluding carboxylic acids is 2. The minimum Gasteiger partial charge on any atom is -0.507 e. The molecule has 0 aromatic heterocycles. The van der Waals surface area contributed by atoms with Crippen molar-refractivity contribution in [1.29, 1.82) is 0 Å². The fourth-order valence-electron chi connectivity index (χ4n) is 6.58. The first-order chi connectivity index (χ1) is 24.0. The van der Waals surface area contributed by atoms with Gasteiger partial charge in [0, 0.05) is 17.2 Å². The third-order valence-corrected chi connectivity index (χ3v) is 9.56. The highest BCUT2D eigenvalue weighted by Crippen LogP contribution is 2.41. The summed E-state index contributed by atoms with van der Waals surface area (Å²) in [5.74, 6) is -0.132. The summed E-state index contributed by atoms with van der Waals surface area (Å²) in [5, 5.41) is 11.2. The second-order valence-corrected chi connectivity index (χ2v) is 13.7. The molecule has 0 unspecified atom stereocenters. The second kappa shape index (κ2) is 26.7. The van der Waals surface area contributed by atoms with Crippen LogP contribution in [0.5, 0.6) is 11.5 Å². The van der Waals surface area contributed by atoms with E-state index in [9.17, 15) is 14.7 Å². The summed E-state index contributed by atoms with van der Waals surface area (Å²) in [6.45, 7) is 4.46. The van der Waals surface area contributed by atoms with E-state index in [-0.39, 0.29) is 28.6 Å². The molecule has 0 spiro atoms. The third-order valence-electron chi connectivity index (χ3n) is 9.56. The number of carbonyl (C=O) groups is 2. The van der Waals surface area contributed by atoms with E-state index in [1.165, 1.54) is 122 Å². The molecule has 5 heteroatoms. The zero-order valence-corrected chi connectivity index (χ0v) is 31.6. The smallest absolute Gasteiger partial charge is 0.224 e. The number of methoxy groups -OCH3 is 2. The molecule has 0 bridgehead atoms. The molecule has 1 aromatic rings. The first-order valence-corrected chi connectivity index (χ1v) is 19.8. The number of benzene rings is 1. The molecule has 1 N–H and O–H groups in total. The van der Waals surface area contributed by atoms with Crippen molar-refractivity contribution in [1.82, 2.24) is 0 Å². The van der Waals surface area contributed by atoms with Gasteiger partial charge in [-0.3, -0.25) is 9.59 Å². The predicted molar refractivity (Wildman–Crippen MR) is 206 cm³/mol. The number of ketones is 2. The van der Waals surface area contributed by atoms with Crippen LogP contribution in [0.4, 0.5) is 0 Å². The zero-order chi connectivity index (χ0) is 35.5. The van der Waals surface area contributed by atoms with E-state index < -0.39 is 0 Å². The van der Waals surface area contributed by atoms with Gasteiger partial charge >= 0.3 is 0 Å². The standard InChI is InChI=1S/C44H68O5/c1-5-7-9-11-13-15-17-19-21-23-25-27-29-31-36-33-38(45)43(40(34-36)48-3)42-37(44(47)41(49-4)35-39(42)46)32-30-28-26-24-22-20-18-16-14-12-10-8-6-2/h11-14,33-35,45H,5-10,15-32H2,1-4H3/b13-11+,14-12+. The van der Waals surface area contributed by atoms with Gasteiger partial charge in [-0.15, -0.1) is 0 Å². The van der Waals surface area contributed by atoms with Crippen molar-refractivity contribution in [2.45, 2.75) is 168 Å². The lowest BCUT2D eigenvalue weighted by Crippen LogP contribution is -2.20. The quantitative estimate of drug-likeness (QED) is 0.0519. The maximum absolute atomic E-state index is 13.4. The maximum atomic E-state index is 13.4. The summed E-state index contributed by atoms with van der Waals surface area (Å²) in [6, 6.07) is 3.66. The summed E-state index contributed by atoms with van der Waals surface area (Å²) in [4.78, 5) is 26.9. The molecule has 0 saturated heterocycles. The van der Waals surface area contributed by atoms with E-state index in [2.05, 4.69) is 38.2 Å². The molecule has 1 aromatic carbocycles. The van der Waals surface area contributed by atoms with Crippen LogP contribution in [-0.4, -0.2) is 30.9 Å². The summed E-state index contributed by atoms with van der Waals surface area (Å²) in [5.41, 5.74) is 1.95. The first kappa shape index (κ1) is 42.1. The van der Waals surface area contributed by atoms with Gasteiger partial charge in [0.1, 0.15) is 11.5 Å². The van der Waals surface area contributed by atoms with E-state index in [0.29, 0.717) is 23.3 Å². The highest BCUT2D eigenvalue weighted by Gasteiger charge is 2.33. The Balaban J connectivity index is 1.90. The number of aryl methyl sites for hydroxylation is 1. The van der Waals surface area contributed by atoms with Crippen LogP contribution in [0.1, 0.15) is 173 Å². The number of allylic oxidation sites excluding steroid dienone is 7. The number of phenols is 1. The van der Waals surface area contributed by atoms with Crippen LogP contribution in [0, 0.1) is 0 Å². The minimum absolute atomic E-state index is 0.0128. The maximum Gasteiger partial charge on any atom is 0.224 e. The van der Waals surface area contributed by atoms with E-state index in [0.717, 1.165) is 44.1 Å². The topological polar surface area (TPSA) is 72.8 Å². The van der Waals surface area contributed by atoms with Gasteiger partial charge in [0.05, 0.1) is 19.8 Å². The molecule has 0 radical (unpaired) electrons. The Hall–Kier alpha value is -3.08. The second-order valence-electron chi connectivity index (χ2n) is 13.7. The van der Waals surface area contributed by atoms with Crippen LogP contribution in [0.25, 0.3) is 5.57 Å². The van der Waals surface area contributed by atoms with E-state index in [1.54, 1.807) is 13.2 Å². The van der Waals surface area contributed by atoms with Crippen LogP contribution in [0.2, 0.25) is 0 Å². The largest absolute Gasteiger partial charge is 0.507 e. The highest BCUT2D eigenvalue weighted by molar-refractivity contribution is 6.37. The van der Waals surface area contributed by atoms with Gasteiger partial charge in [-0.2, -0.15) is 0 Å². The summed E-state index contributed by atoms with van der Waals surface area (Å²) in [6.07, 6.45) is 38.0. The molecule has 0 atom stereocenters. The Morgan fingerprint density at radius 1 is 0.592 bits per heavy atom. The molecule has 1 aliphatic rings. The third kappa shape index (κ3) is 16.5. The van der Waals surface area contributed by atoms with E-state index >= 15 is 0 Å². The molecule has 0 amide bonds. The molecule has 0 heterocycles. The SMILES string of the molecule is CCCC/C=C/CCCCCCCCCC1=C(c2c(O)cc(CCCCCCCCC/C=C/CCCC)cc2OC)C(=O)C=C(OC)C1=O. The minimum atomic E-state index is -0.330. The van der Waals surface area contributed by atoms with Crippen molar-refractivity contribution in [2.75, 3.05) is 14.2 Å². The number of aromatic hydroxyl groups is 1. The van der Waals surface area contributed by atoms with Gasteiger partial charge in [0.15, 0.2) is 11.5 Å². The molecule has 1 aliphatic carbocycles. The van der Waals surface area contributed by atoms with Crippen LogP contribution >= 0.6 is 0 Å². The van der Waals surface area contributed by atoms with Gasteiger partial charge in [0.2, 0.25) is 5.78 Å². The summed E-state index contributed by atoms with van der Waals surface area (Å²) < 4.78 is 11.0. The van der Waals surface area contributed by atoms with Crippen LogP contribution in [-0.2, 0) is 20.7 Å². The lowest BCUT2D eigenvalue weighted by molar-refractivity contribution is -0.117. The number of ether oxygens (including phenoxy) is 2. The number of hydrogen-bond donors (Lipinski definition) is 1. The zero-order valence-electron chi connectivity index (χ0n) is 31.6. The molecule has 0 aliphatic heterocycles. The Bertz CT molecular complexity index is 1220. The van der Waals surface area contributed by atoms with E-state index in [1.807, 2.05) is 6.07 Å². The number of hydrogen-bond acceptors (Lipinski definition) is 5. The highest BCUT2D eigenvalue weighted by atomic mass is 16.5. The normalized spacial score (nSPS) is 13.7. The lowest BCUT2D eigenvalue weighted by Gasteiger charge is -2.21. The average molecular weight is 677 g/mol. The van der Waals surface area contributed by atoms with Crippen molar-refractivity contribution in [2.24, 2.45) is 0 Å². The molecule has 0 fully saturated rings. The molecular formula is C44H68O5. The fourth-order valence-corrected chi connectivity index (χ4v) is 6.58. The van der Waals surface area contributed by atoms with Gasteiger partial charge in [0.25, 0.3) is 0 Å². The molecule has 2 rings (SSSR count). The lowest BCUT2D eigenvalue weighted by atomic mass is 9.84. The number of phenolic OH excluding ortho intramolecular Hbond substituents is 1. The van der Waals surface area contributed by atoms with Crippen molar-refractivity contribution >= 4 is 17.1 Å². The van der Waals surface area contributed by atoms with Crippen molar-refractivity contribution in [3.8, 4) is 11.5 Å². The Kier molecular flexibility index (Phi) is 23.0. The number of Topliss-reactive ketones (excluding diaryl/α,β-unsaturated/α-hetero) is 1. The Labute approximate surface area is 299 Å². The molecule has 274 valence electrons. The van der Waals surface area contributed by atoms with Crippen molar-refractivity contribution < 1.29 is 24.2 Å². The summed E-state index contributed by atoms with van der Waals surface area (Å²) >= 11 is 0. The van der Waals surface area contributed by atoms with Crippen LogP contribution in [0.15, 0.2) is 53.8 Å². The van der Waals surface area contributed by atoms with Gasteiger partial charge < -0.3 is 14.6 Å². The van der Waals surface area contributed by atoms with Crippen molar-refractivity contribution in [3.05, 3.63) is 65.0 Å². The van der Waals surface area contributed by atoms with Gasteiger partial charge in [-0.25, -0.2) is 0 Å².